The maximum Gasteiger partial charge on any atom is 0.272 e. The highest BCUT2D eigenvalue weighted by Crippen LogP contribution is 2.38. The highest BCUT2D eigenvalue weighted by molar-refractivity contribution is 6.45. The zero-order valence-corrected chi connectivity index (χ0v) is 15.3. The Bertz CT molecular complexity index is 675. The molecule has 1 aromatic carbocycles. The first-order valence-electron chi connectivity index (χ1n) is 8.92. The van der Waals surface area contributed by atoms with Gasteiger partial charge in [0.2, 0.25) is 0 Å². The van der Waals surface area contributed by atoms with Crippen molar-refractivity contribution < 1.29 is 9.53 Å². The van der Waals surface area contributed by atoms with E-state index in [1.807, 2.05) is 7.05 Å². The van der Waals surface area contributed by atoms with Gasteiger partial charge in [-0.05, 0) is 63.4 Å². The lowest BCUT2D eigenvalue weighted by atomic mass is 9.92. The van der Waals surface area contributed by atoms with Crippen LogP contribution >= 0.6 is 0 Å². The van der Waals surface area contributed by atoms with Gasteiger partial charge in [-0.2, -0.15) is 0 Å². The number of anilines is 1. The van der Waals surface area contributed by atoms with Gasteiger partial charge in [0, 0.05) is 30.4 Å². The molecule has 1 aromatic rings. The van der Waals surface area contributed by atoms with Crippen molar-refractivity contribution in [2.24, 2.45) is 5.92 Å². The van der Waals surface area contributed by atoms with Gasteiger partial charge in [0.15, 0.2) is 0 Å². The van der Waals surface area contributed by atoms with Gasteiger partial charge in [-0.1, -0.05) is 0 Å². The number of likely N-dealkylation sites (tertiary alicyclic amines) is 1. The number of ether oxygens (including phenoxy) is 1. The largest absolute Gasteiger partial charge is 0.497 e. The zero-order valence-electron chi connectivity index (χ0n) is 15.3. The number of amides is 1. The molecule has 0 spiro atoms. The lowest BCUT2D eigenvalue weighted by Crippen LogP contribution is -2.42. The molecule has 6 heteroatoms. The molecule has 1 saturated heterocycles. The molecule has 0 aromatic heterocycles. The maximum absolute atomic E-state index is 12.9. The van der Waals surface area contributed by atoms with E-state index < -0.39 is 0 Å². The number of nitrogens with one attached hydrogen (secondary N) is 1. The van der Waals surface area contributed by atoms with Gasteiger partial charge in [-0.3, -0.25) is 10.2 Å². The van der Waals surface area contributed by atoms with Crippen molar-refractivity contribution in [2.75, 3.05) is 33.5 Å². The number of nitrogens with zero attached hydrogens (tertiary/aromatic N) is 2. The number of benzene rings is 1. The molecule has 1 amide bonds. The quantitative estimate of drug-likeness (QED) is 0.646. The third-order valence-corrected chi connectivity index (χ3v) is 5.90. The van der Waals surface area contributed by atoms with Crippen LogP contribution in [-0.2, 0) is 4.79 Å². The molecule has 1 saturated carbocycles. The molecule has 0 radical (unpaired) electrons. The fraction of sp³-hybridized carbons (Fsp3) is 0.579. The molecule has 25 heavy (non-hydrogen) atoms. The van der Waals surface area contributed by atoms with E-state index in [9.17, 15) is 4.79 Å². The van der Waals surface area contributed by atoms with Gasteiger partial charge in [-0.25, -0.2) is 0 Å². The van der Waals surface area contributed by atoms with Gasteiger partial charge >= 0.3 is 0 Å². The minimum atomic E-state index is -0.272. The summed E-state index contributed by atoms with van der Waals surface area (Å²) in [7, 11) is 5.55. The molecule has 1 aliphatic heterocycles. The number of rotatable bonds is 4. The molecule has 3 rings (SSSR count). The van der Waals surface area contributed by atoms with Crippen LogP contribution in [0.2, 0.25) is 0 Å². The van der Waals surface area contributed by atoms with Crippen LogP contribution in [0, 0.1) is 11.3 Å². The molecule has 2 fully saturated rings. The Morgan fingerprint density at radius 1 is 1.40 bits per heavy atom. The molecular formula is C19H28N4O2. The van der Waals surface area contributed by atoms with Crippen molar-refractivity contribution in [1.82, 2.24) is 9.80 Å². The fourth-order valence-corrected chi connectivity index (χ4v) is 4.35. The van der Waals surface area contributed by atoms with Gasteiger partial charge in [0.25, 0.3) is 5.91 Å². The first kappa shape index (κ1) is 17.7. The number of hydrogen-bond donors (Lipinski definition) is 2. The second-order valence-corrected chi connectivity index (χ2v) is 7.32. The smallest absolute Gasteiger partial charge is 0.272 e. The van der Waals surface area contributed by atoms with E-state index in [1.165, 1.54) is 12.8 Å². The number of carbonyl (C=O) groups is 1. The number of fused-ring (bicyclic) bond motifs is 1. The van der Waals surface area contributed by atoms with Crippen LogP contribution < -0.4 is 10.5 Å². The van der Waals surface area contributed by atoms with Crippen molar-refractivity contribution in [3.8, 4) is 5.75 Å². The van der Waals surface area contributed by atoms with Crippen LogP contribution in [0.1, 0.15) is 31.2 Å². The summed E-state index contributed by atoms with van der Waals surface area (Å²) < 4.78 is 5.19. The number of nitrogen functional groups attached to an aromatic ring is 1. The predicted molar refractivity (Wildman–Crippen MR) is 99.2 cm³/mol. The third kappa shape index (κ3) is 3.35. The van der Waals surface area contributed by atoms with E-state index >= 15 is 0 Å². The van der Waals surface area contributed by atoms with E-state index in [2.05, 4.69) is 11.9 Å². The van der Waals surface area contributed by atoms with E-state index in [0.29, 0.717) is 29.0 Å². The molecule has 3 atom stereocenters. The summed E-state index contributed by atoms with van der Waals surface area (Å²) in [5, 5.41) is 8.35. The van der Waals surface area contributed by atoms with Crippen LogP contribution in [0.3, 0.4) is 0 Å². The Labute approximate surface area is 149 Å². The number of nitrogens with two attached hydrogens (primary N) is 1. The van der Waals surface area contributed by atoms with Crippen LogP contribution in [0.4, 0.5) is 5.69 Å². The fourth-order valence-electron chi connectivity index (χ4n) is 4.35. The van der Waals surface area contributed by atoms with E-state index in [-0.39, 0.29) is 17.7 Å². The standard InChI is InChI=1S/C19H28N4O2/c1-22-8-4-5-12-9-13(10-17(12)22)23(2)19(24)18(21)15-11-14(25-3)6-7-16(15)20/h6-7,11-13,17,21H,4-5,8-10,20H2,1-3H3. The predicted octanol–water partition coefficient (Wildman–Crippen LogP) is 1.98. The average molecular weight is 344 g/mol. The second-order valence-electron chi connectivity index (χ2n) is 7.32. The molecule has 136 valence electrons. The monoisotopic (exact) mass is 344 g/mol. The van der Waals surface area contributed by atoms with Crippen LogP contribution in [-0.4, -0.2) is 61.3 Å². The van der Waals surface area contributed by atoms with Crippen molar-refractivity contribution in [2.45, 2.75) is 37.8 Å². The zero-order chi connectivity index (χ0) is 18.1. The number of methoxy groups -OCH3 is 1. The van der Waals surface area contributed by atoms with Crippen LogP contribution in [0.25, 0.3) is 0 Å². The molecule has 1 aliphatic carbocycles. The maximum atomic E-state index is 12.9. The van der Waals surface area contributed by atoms with Crippen LogP contribution in [0.15, 0.2) is 18.2 Å². The summed E-state index contributed by atoms with van der Waals surface area (Å²) in [6.07, 6.45) is 4.49. The Hall–Kier alpha value is -2.08. The summed E-state index contributed by atoms with van der Waals surface area (Å²) in [6.45, 7) is 1.14. The molecule has 3 unspecified atom stereocenters. The molecule has 6 nitrogen and oxygen atoms in total. The Balaban J connectivity index is 1.73. The van der Waals surface area contributed by atoms with Gasteiger partial charge in [0.1, 0.15) is 11.5 Å². The topological polar surface area (TPSA) is 82.6 Å². The lowest BCUT2D eigenvalue weighted by Gasteiger charge is -2.34. The minimum Gasteiger partial charge on any atom is -0.497 e. The first-order valence-corrected chi connectivity index (χ1v) is 8.92. The summed E-state index contributed by atoms with van der Waals surface area (Å²) >= 11 is 0. The Morgan fingerprint density at radius 3 is 2.84 bits per heavy atom. The number of hydrogen-bond acceptors (Lipinski definition) is 5. The summed E-state index contributed by atoms with van der Waals surface area (Å²) in [5.74, 6) is 0.985. The molecule has 2 aliphatic rings. The van der Waals surface area contributed by atoms with E-state index in [0.717, 1.165) is 19.4 Å². The average Bonchev–Trinajstić information content (AvgIpc) is 3.06. The first-order chi connectivity index (χ1) is 11.9. The molecule has 0 bridgehead atoms. The molecule has 1 heterocycles. The SMILES string of the molecule is COc1ccc(N)c(C(=N)C(=O)N(C)C2CC3CCCN(C)C3C2)c1. The van der Waals surface area contributed by atoms with Gasteiger partial charge in [-0.15, -0.1) is 0 Å². The van der Waals surface area contributed by atoms with Crippen molar-refractivity contribution >= 4 is 17.3 Å². The number of likely N-dealkylation sites (N-methyl/N-ethyl adjacent to an activating group) is 1. The normalized spacial score (nSPS) is 26.1. The second kappa shape index (κ2) is 7.04. The third-order valence-electron chi connectivity index (χ3n) is 5.90. The van der Waals surface area contributed by atoms with Gasteiger partial charge < -0.3 is 20.3 Å². The molecule has 3 N–H and O–H groups in total. The molecular weight excluding hydrogens is 316 g/mol. The summed E-state index contributed by atoms with van der Waals surface area (Å²) in [6, 6.07) is 5.82. The Morgan fingerprint density at radius 2 is 2.16 bits per heavy atom. The van der Waals surface area contributed by atoms with Crippen molar-refractivity contribution in [1.29, 1.82) is 5.41 Å². The highest BCUT2D eigenvalue weighted by Gasteiger charge is 2.41. The van der Waals surface area contributed by atoms with Crippen molar-refractivity contribution in [3.05, 3.63) is 23.8 Å². The van der Waals surface area contributed by atoms with Crippen molar-refractivity contribution in [3.63, 3.8) is 0 Å². The van der Waals surface area contributed by atoms with E-state index in [4.69, 9.17) is 15.9 Å². The minimum absolute atomic E-state index is 0.0675. The Kier molecular flexibility index (Phi) is 4.99. The van der Waals surface area contributed by atoms with E-state index in [1.54, 1.807) is 30.2 Å². The summed E-state index contributed by atoms with van der Waals surface area (Å²) in [4.78, 5) is 17.0. The number of carbonyl (C=O) groups excluding carboxylic acids is 1. The lowest BCUT2D eigenvalue weighted by molar-refractivity contribution is -0.124. The highest BCUT2D eigenvalue weighted by atomic mass is 16.5. The number of piperidine rings is 1. The summed E-state index contributed by atoms with van der Waals surface area (Å²) in [5.41, 5.74) is 6.77. The van der Waals surface area contributed by atoms with Gasteiger partial charge in [0.05, 0.1) is 7.11 Å². The van der Waals surface area contributed by atoms with Crippen LogP contribution in [0.5, 0.6) is 5.75 Å².